The van der Waals surface area contributed by atoms with Gasteiger partial charge >= 0.3 is 0 Å². The van der Waals surface area contributed by atoms with E-state index in [1.165, 1.54) is 0 Å². The first-order valence-electron chi connectivity index (χ1n) is 9.48. The van der Waals surface area contributed by atoms with E-state index in [9.17, 15) is 9.59 Å². The Labute approximate surface area is 164 Å². The number of nitrogens with one attached hydrogen (secondary N) is 1. The van der Waals surface area contributed by atoms with Gasteiger partial charge in [0.1, 0.15) is 5.69 Å². The van der Waals surface area contributed by atoms with Gasteiger partial charge in [0.15, 0.2) is 0 Å². The Kier molecular flexibility index (Phi) is 6.38. The molecular weight excluding hydrogens is 356 g/mol. The SMILES string of the molecule is CC(c1ccccc1)c1cc(C(N)=O)c(CC[C@H]2CNCCO2)c(C(N)=O)n1. The van der Waals surface area contributed by atoms with E-state index in [0.717, 1.165) is 18.7 Å². The Morgan fingerprint density at radius 3 is 2.61 bits per heavy atom. The van der Waals surface area contributed by atoms with E-state index in [1.54, 1.807) is 6.07 Å². The van der Waals surface area contributed by atoms with Crippen molar-refractivity contribution >= 4 is 11.8 Å². The van der Waals surface area contributed by atoms with E-state index >= 15 is 0 Å². The predicted molar refractivity (Wildman–Crippen MR) is 106 cm³/mol. The van der Waals surface area contributed by atoms with Gasteiger partial charge < -0.3 is 21.5 Å². The fourth-order valence-electron chi connectivity index (χ4n) is 3.51. The summed E-state index contributed by atoms with van der Waals surface area (Å²) < 4.78 is 5.70. The Morgan fingerprint density at radius 2 is 2.00 bits per heavy atom. The number of morpholine rings is 1. The third-order valence-electron chi connectivity index (χ3n) is 5.11. The van der Waals surface area contributed by atoms with Crippen molar-refractivity contribution in [3.63, 3.8) is 0 Å². The van der Waals surface area contributed by atoms with Crippen LogP contribution < -0.4 is 16.8 Å². The van der Waals surface area contributed by atoms with Gasteiger partial charge in [-0.3, -0.25) is 9.59 Å². The van der Waals surface area contributed by atoms with Crippen LogP contribution >= 0.6 is 0 Å². The van der Waals surface area contributed by atoms with Gasteiger partial charge in [-0.1, -0.05) is 37.3 Å². The number of carbonyl (C=O) groups excluding carboxylic acids is 2. The van der Waals surface area contributed by atoms with E-state index in [0.29, 0.717) is 36.3 Å². The van der Waals surface area contributed by atoms with Crippen molar-refractivity contribution in [2.75, 3.05) is 19.7 Å². The second-order valence-electron chi connectivity index (χ2n) is 7.02. The number of carbonyl (C=O) groups is 2. The Balaban J connectivity index is 1.96. The summed E-state index contributed by atoms with van der Waals surface area (Å²) in [4.78, 5) is 28.8. The molecule has 1 aromatic carbocycles. The van der Waals surface area contributed by atoms with Crippen molar-refractivity contribution < 1.29 is 14.3 Å². The fraction of sp³-hybridized carbons (Fsp3) is 0.381. The molecule has 1 aliphatic heterocycles. The molecule has 1 aliphatic rings. The first-order chi connectivity index (χ1) is 13.5. The van der Waals surface area contributed by atoms with E-state index in [4.69, 9.17) is 16.2 Å². The molecule has 1 saturated heterocycles. The van der Waals surface area contributed by atoms with Crippen LogP contribution in [0.4, 0.5) is 0 Å². The van der Waals surface area contributed by atoms with Crippen LogP contribution in [-0.4, -0.2) is 42.6 Å². The van der Waals surface area contributed by atoms with Crippen LogP contribution in [-0.2, 0) is 11.2 Å². The van der Waals surface area contributed by atoms with Gasteiger partial charge in [0.2, 0.25) is 5.91 Å². The number of nitrogens with two attached hydrogens (primary N) is 2. The third-order valence-corrected chi connectivity index (χ3v) is 5.11. The zero-order valence-electron chi connectivity index (χ0n) is 16.0. The topological polar surface area (TPSA) is 120 Å². The average Bonchev–Trinajstić information content (AvgIpc) is 2.72. The molecule has 2 amide bonds. The molecule has 7 heteroatoms. The lowest BCUT2D eigenvalue weighted by Gasteiger charge is -2.24. The second-order valence-corrected chi connectivity index (χ2v) is 7.02. The van der Waals surface area contributed by atoms with Crippen LogP contribution in [0, 0.1) is 0 Å². The van der Waals surface area contributed by atoms with Gasteiger partial charge in [-0.05, 0) is 30.0 Å². The molecule has 0 saturated carbocycles. The first kappa shape index (κ1) is 20.0. The third kappa shape index (κ3) is 4.55. The number of rotatable bonds is 7. The van der Waals surface area contributed by atoms with E-state index in [1.807, 2.05) is 37.3 Å². The van der Waals surface area contributed by atoms with Gasteiger partial charge in [-0.15, -0.1) is 0 Å². The fourth-order valence-corrected chi connectivity index (χ4v) is 3.51. The normalized spacial score (nSPS) is 17.8. The highest BCUT2D eigenvalue weighted by atomic mass is 16.5. The molecule has 0 bridgehead atoms. The number of pyridine rings is 1. The maximum Gasteiger partial charge on any atom is 0.267 e. The largest absolute Gasteiger partial charge is 0.376 e. The summed E-state index contributed by atoms with van der Waals surface area (Å²) in [5.74, 6) is -1.37. The van der Waals surface area contributed by atoms with Crippen molar-refractivity contribution in [1.82, 2.24) is 10.3 Å². The van der Waals surface area contributed by atoms with Crippen molar-refractivity contribution in [1.29, 1.82) is 0 Å². The molecule has 2 heterocycles. The number of benzene rings is 1. The molecule has 1 aromatic heterocycles. The summed E-state index contributed by atoms with van der Waals surface area (Å²) in [6.45, 7) is 4.16. The molecule has 0 radical (unpaired) electrons. The number of amides is 2. The van der Waals surface area contributed by atoms with Gasteiger partial charge in [-0.25, -0.2) is 4.98 Å². The highest BCUT2D eigenvalue weighted by Crippen LogP contribution is 2.26. The summed E-state index contributed by atoms with van der Waals surface area (Å²) in [6.07, 6.45) is 1.09. The monoisotopic (exact) mass is 382 g/mol. The number of primary amides is 2. The minimum Gasteiger partial charge on any atom is -0.376 e. The molecule has 7 nitrogen and oxygen atoms in total. The molecule has 148 valence electrons. The van der Waals surface area contributed by atoms with Crippen LogP contribution in [0.25, 0.3) is 0 Å². The van der Waals surface area contributed by atoms with Crippen LogP contribution in [0.2, 0.25) is 0 Å². The minimum absolute atomic E-state index is 0.0121. The molecular formula is C21H26N4O3. The molecule has 1 unspecified atom stereocenters. The first-order valence-corrected chi connectivity index (χ1v) is 9.48. The zero-order chi connectivity index (χ0) is 20.1. The standard InChI is InChI=1S/C21H26N4O3/c1-13(14-5-3-2-4-6-14)18-11-17(20(22)26)16(19(25-18)21(23)27)8-7-15-12-24-9-10-28-15/h2-6,11,13,15,24H,7-10,12H2,1H3,(H2,22,26)(H2,23,27)/t13?,15-/m0/s1. The number of ether oxygens (including phenoxy) is 1. The number of nitrogens with zero attached hydrogens (tertiary/aromatic N) is 1. The van der Waals surface area contributed by atoms with Crippen LogP contribution in [0.3, 0.4) is 0 Å². The maximum atomic E-state index is 12.2. The van der Waals surface area contributed by atoms with Crippen molar-refractivity contribution in [2.45, 2.75) is 31.8 Å². The van der Waals surface area contributed by atoms with E-state index in [-0.39, 0.29) is 17.7 Å². The van der Waals surface area contributed by atoms with Crippen LogP contribution in [0.1, 0.15) is 56.9 Å². The lowest BCUT2D eigenvalue weighted by atomic mass is 9.92. The van der Waals surface area contributed by atoms with Crippen molar-refractivity contribution in [3.05, 3.63) is 64.5 Å². The molecule has 0 spiro atoms. The molecule has 1 fully saturated rings. The number of aromatic nitrogens is 1. The number of hydrogen-bond acceptors (Lipinski definition) is 5. The van der Waals surface area contributed by atoms with Gasteiger partial charge in [-0.2, -0.15) is 0 Å². The summed E-state index contributed by atoms with van der Waals surface area (Å²) in [5, 5.41) is 3.26. The minimum atomic E-state index is -0.665. The summed E-state index contributed by atoms with van der Waals surface area (Å²) in [5.41, 5.74) is 13.8. The molecule has 28 heavy (non-hydrogen) atoms. The smallest absolute Gasteiger partial charge is 0.267 e. The highest BCUT2D eigenvalue weighted by molar-refractivity contribution is 6.00. The molecule has 2 atom stereocenters. The van der Waals surface area contributed by atoms with E-state index in [2.05, 4.69) is 10.3 Å². The van der Waals surface area contributed by atoms with Crippen molar-refractivity contribution in [3.8, 4) is 0 Å². The summed E-state index contributed by atoms with van der Waals surface area (Å²) in [7, 11) is 0. The van der Waals surface area contributed by atoms with Gasteiger partial charge in [0.05, 0.1) is 12.7 Å². The van der Waals surface area contributed by atoms with Gasteiger partial charge in [0.25, 0.3) is 5.91 Å². The van der Waals surface area contributed by atoms with Gasteiger partial charge in [0, 0.05) is 30.3 Å². The summed E-state index contributed by atoms with van der Waals surface area (Å²) in [6, 6.07) is 11.4. The Bertz CT molecular complexity index is 813. The van der Waals surface area contributed by atoms with Crippen LogP contribution in [0.15, 0.2) is 36.4 Å². The zero-order valence-corrected chi connectivity index (χ0v) is 16.0. The number of hydrogen-bond donors (Lipinski definition) is 3. The molecule has 2 aromatic rings. The Hall–Kier alpha value is -2.77. The van der Waals surface area contributed by atoms with Crippen LogP contribution in [0.5, 0.6) is 0 Å². The lowest BCUT2D eigenvalue weighted by molar-refractivity contribution is 0.0237. The molecule has 0 aliphatic carbocycles. The average molecular weight is 382 g/mol. The van der Waals surface area contributed by atoms with E-state index < -0.39 is 11.8 Å². The Morgan fingerprint density at radius 1 is 1.25 bits per heavy atom. The molecule has 3 rings (SSSR count). The highest BCUT2D eigenvalue weighted by Gasteiger charge is 2.23. The quantitative estimate of drug-likeness (QED) is 0.668. The second kappa shape index (κ2) is 8.95. The maximum absolute atomic E-state index is 12.2. The predicted octanol–water partition coefficient (Wildman–Crippen LogP) is 1.35. The molecule has 5 N–H and O–H groups in total. The lowest BCUT2D eigenvalue weighted by Crippen LogP contribution is -2.38. The van der Waals surface area contributed by atoms with Crippen molar-refractivity contribution in [2.24, 2.45) is 11.5 Å². The summed E-state index contributed by atoms with van der Waals surface area (Å²) >= 11 is 0.